The molecule has 0 aliphatic carbocycles. The molecule has 0 aliphatic rings. The average molecular weight is 228 g/mol. The summed E-state index contributed by atoms with van der Waals surface area (Å²) < 4.78 is 0. The highest BCUT2D eigenvalue weighted by Gasteiger charge is 2.18. The van der Waals surface area contributed by atoms with E-state index in [0.29, 0.717) is 19.5 Å². The SMILES string of the molecule is C=CCN(CC=C)C(=O)[C@H](N)CCSC. The molecule has 0 rings (SSSR count). The summed E-state index contributed by atoms with van der Waals surface area (Å²) in [7, 11) is 0. The van der Waals surface area contributed by atoms with Crippen LogP contribution in [0.5, 0.6) is 0 Å². The summed E-state index contributed by atoms with van der Waals surface area (Å²) in [5, 5.41) is 0. The zero-order valence-corrected chi connectivity index (χ0v) is 10.1. The van der Waals surface area contributed by atoms with Crippen LogP contribution in [0.4, 0.5) is 0 Å². The van der Waals surface area contributed by atoms with Crippen molar-refractivity contribution < 1.29 is 4.79 Å². The summed E-state index contributed by atoms with van der Waals surface area (Å²) >= 11 is 1.69. The van der Waals surface area contributed by atoms with Crippen molar-refractivity contribution in [2.24, 2.45) is 5.73 Å². The van der Waals surface area contributed by atoms with Crippen LogP contribution >= 0.6 is 11.8 Å². The number of hydrogen-bond donors (Lipinski definition) is 1. The van der Waals surface area contributed by atoms with E-state index in [-0.39, 0.29) is 5.91 Å². The monoisotopic (exact) mass is 228 g/mol. The average Bonchev–Trinajstić information content (AvgIpc) is 2.24. The molecule has 4 heteroatoms. The number of amides is 1. The molecule has 0 bridgehead atoms. The van der Waals surface area contributed by atoms with Gasteiger partial charge in [-0.2, -0.15) is 11.8 Å². The largest absolute Gasteiger partial charge is 0.334 e. The maximum Gasteiger partial charge on any atom is 0.240 e. The predicted molar refractivity (Wildman–Crippen MR) is 67.9 cm³/mol. The van der Waals surface area contributed by atoms with Crippen molar-refractivity contribution in [3.63, 3.8) is 0 Å². The second kappa shape index (κ2) is 8.56. The van der Waals surface area contributed by atoms with Crippen LogP contribution in [-0.2, 0) is 4.79 Å². The number of hydrogen-bond acceptors (Lipinski definition) is 3. The van der Waals surface area contributed by atoms with Gasteiger partial charge in [-0.3, -0.25) is 4.79 Å². The van der Waals surface area contributed by atoms with Crippen molar-refractivity contribution in [3.05, 3.63) is 25.3 Å². The smallest absolute Gasteiger partial charge is 0.240 e. The Morgan fingerprint density at radius 3 is 2.40 bits per heavy atom. The van der Waals surface area contributed by atoms with Crippen LogP contribution in [-0.4, -0.2) is 41.9 Å². The molecule has 86 valence electrons. The molecule has 0 heterocycles. The summed E-state index contributed by atoms with van der Waals surface area (Å²) in [6, 6.07) is -0.405. The number of nitrogens with zero attached hydrogens (tertiary/aromatic N) is 1. The zero-order valence-electron chi connectivity index (χ0n) is 9.32. The van der Waals surface area contributed by atoms with Gasteiger partial charge in [0, 0.05) is 13.1 Å². The van der Waals surface area contributed by atoms with E-state index in [9.17, 15) is 4.79 Å². The summed E-state index contributed by atoms with van der Waals surface area (Å²) in [5.74, 6) is 0.881. The molecule has 0 fully saturated rings. The normalized spacial score (nSPS) is 11.9. The van der Waals surface area contributed by atoms with Crippen molar-refractivity contribution in [1.29, 1.82) is 0 Å². The first-order valence-corrected chi connectivity index (χ1v) is 6.31. The quantitative estimate of drug-likeness (QED) is 0.636. The Balaban J connectivity index is 4.20. The fraction of sp³-hybridized carbons (Fsp3) is 0.545. The molecule has 0 aliphatic heterocycles. The van der Waals surface area contributed by atoms with Crippen LogP contribution in [0.2, 0.25) is 0 Å². The highest BCUT2D eigenvalue weighted by Crippen LogP contribution is 2.02. The van der Waals surface area contributed by atoms with Gasteiger partial charge in [0.2, 0.25) is 5.91 Å². The van der Waals surface area contributed by atoms with E-state index in [1.165, 1.54) is 0 Å². The maximum atomic E-state index is 11.8. The second-order valence-electron chi connectivity index (χ2n) is 3.21. The van der Waals surface area contributed by atoms with Gasteiger partial charge in [0.15, 0.2) is 0 Å². The molecule has 0 saturated carbocycles. The summed E-state index contributed by atoms with van der Waals surface area (Å²) in [6.45, 7) is 8.28. The van der Waals surface area contributed by atoms with E-state index in [2.05, 4.69) is 13.2 Å². The van der Waals surface area contributed by atoms with Crippen molar-refractivity contribution in [1.82, 2.24) is 4.90 Å². The standard InChI is InChI=1S/C11H20N2OS/c1-4-7-13(8-5-2)11(14)10(12)6-9-15-3/h4-5,10H,1-2,6-9,12H2,3H3/t10-/m1/s1. The first-order chi connectivity index (χ1) is 7.17. The van der Waals surface area contributed by atoms with E-state index in [1.807, 2.05) is 6.26 Å². The van der Waals surface area contributed by atoms with Crippen molar-refractivity contribution in [3.8, 4) is 0 Å². The maximum absolute atomic E-state index is 11.8. The Bertz CT molecular complexity index is 209. The lowest BCUT2D eigenvalue weighted by atomic mass is 10.2. The summed E-state index contributed by atoms with van der Waals surface area (Å²) in [4.78, 5) is 13.5. The van der Waals surface area contributed by atoms with E-state index >= 15 is 0 Å². The molecule has 0 radical (unpaired) electrons. The molecule has 0 aromatic rings. The Morgan fingerprint density at radius 1 is 1.47 bits per heavy atom. The van der Waals surface area contributed by atoms with Crippen LogP contribution < -0.4 is 5.73 Å². The molecule has 1 amide bonds. The minimum atomic E-state index is -0.405. The first kappa shape index (κ1) is 14.3. The predicted octanol–water partition coefficient (Wildman–Crippen LogP) is 1.27. The van der Waals surface area contributed by atoms with Crippen LogP contribution in [0, 0.1) is 0 Å². The number of rotatable bonds is 8. The highest BCUT2D eigenvalue weighted by molar-refractivity contribution is 7.98. The third-order valence-electron chi connectivity index (χ3n) is 1.96. The lowest BCUT2D eigenvalue weighted by Gasteiger charge is -2.22. The summed E-state index contributed by atoms with van der Waals surface area (Å²) in [6.07, 6.45) is 6.11. The third-order valence-corrected chi connectivity index (χ3v) is 2.60. The van der Waals surface area contributed by atoms with Crippen LogP contribution in [0.15, 0.2) is 25.3 Å². The van der Waals surface area contributed by atoms with Crippen LogP contribution in [0.25, 0.3) is 0 Å². The van der Waals surface area contributed by atoms with E-state index in [4.69, 9.17) is 5.73 Å². The Labute approximate surface area is 96.4 Å². The van der Waals surface area contributed by atoms with Gasteiger partial charge in [0.1, 0.15) is 0 Å². The molecule has 1 atom stereocenters. The number of nitrogens with two attached hydrogens (primary N) is 1. The molecule has 0 spiro atoms. The van der Waals surface area contributed by atoms with Gasteiger partial charge >= 0.3 is 0 Å². The fourth-order valence-electron chi connectivity index (χ4n) is 1.17. The van der Waals surface area contributed by atoms with Crippen LogP contribution in [0.3, 0.4) is 0 Å². The van der Waals surface area contributed by atoms with Gasteiger partial charge in [0.05, 0.1) is 6.04 Å². The van der Waals surface area contributed by atoms with Gasteiger partial charge in [-0.05, 0) is 18.4 Å². The fourth-order valence-corrected chi connectivity index (χ4v) is 1.66. The first-order valence-electron chi connectivity index (χ1n) is 4.92. The number of thioether (sulfide) groups is 1. The highest BCUT2D eigenvalue weighted by atomic mass is 32.2. The van der Waals surface area contributed by atoms with Gasteiger partial charge in [-0.25, -0.2) is 0 Å². The molecule has 0 unspecified atom stereocenters. The lowest BCUT2D eigenvalue weighted by molar-refractivity contribution is -0.131. The molecule has 0 aromatic heterocycles. The molecular formula is C11H20N2OS. The van der Waals surface area contributed by atoms with Gasteiger partial charge in [0.25, 0.3) is 0 Å². The lowest BCUT2D eigenvalue weighted by Crippen LogP contribution is -2.44. The third kappa shape index (κ3) is 5.64. The number of carbonyl (C=O) groups excluding carboxylic acids is 1. The van der Waals surface area contributed by atoms with Crippen molar-refractivity contribution in [2.45, 2.75) is 12.5 Å². The second-order valence-corrected chi connectivity index (χ2v) is 4.19. The molecule has 3 nitrogen and oxygen atoms in total. The Morgan fingerprint density at radius 2 is 2.00 bits per heavy atom. The molecule has 0 aromatic carbocycles. The molecule has 2 N–H and O–H groups in total. The molecule has 0 saturated heterocycles. The van der Waals surface area contributed by atoms with E-state index < -0.39 is 6.04 Å². The van der Waals surface area contributed by atoms with E-state index in [0.717, 1.165) is 5.75 Å². The Hall–Kier alpha value is -0.740. The minimum absolute atomic E-state index is 0.0242. The van der Waals surface area contributed by atoms with Crippen molar-refractivity contribution in [2.75, 3.05) is 25.1 Å². The van der Waals surface area contributed by atoms with Crippen molar-refractivity contribution >= 4 is 17.7 Å². The van der Waals surface area contributed by atoms with Gasteiger partial charge < -0.3 is 10.6 Å². The van der Waals surface area contributed by atoms with E-state index in [1.54, 1.807) is 28.8 Å². The minimum Gasteiger partial charge on any atom is -0.334 e. The molecule has 15 heavy (non-hydrogen) atoms. The molecular weight excluding hydrogens is 208 g/mol. The summed E-state index contributed by atoms with van der Waals surface area (Å²) in [5.41, 5.74) is 5.79. The Kier molecular flexibility index (Phi) is 8.14. The zero-order chi connectivity index (χ0) is 11.7. The van der Waals surface area contributed by atoms with Gasteiger partial charge in [-0.1, -0.05) is 12.2 Å². The van der Waals surface area contributed by atoms with Crippen LogP contribution in [0.1, 0.15) is 6.42 Å². The van der Waals surface area contributed by atoms with Gasteiger partial charge in [-0.15, -0.1) is 13.2 Å². The topological polar surface area (TPSA) is 46.3 Å². The number of carbonyl (C=O) groups is 1.